The van der Waals surface area contributed by atoms with Gasteiger partial charge >= 0.3 is 0 Å². The van der Waals surface area contributed by atoms with Crippen LogP contribution in [0.15, 0.2) is 36.4 Å². The summed E-state index contributed by atoms with van der Waals surface area (Å²) in [5.74, 6) is 0.815. The minimum atomic E-state index is 0.723. The average Bonchev–Trinajstić information content (AvgIpc) is 2.75. The fraction of sp³-hybridized carbons (Fsp3) is 0.0714. The zero-order valence-electron chi connectivity index (χ0n) is 9.87. The molecule has 0 unspecified atom stereocenters. The number of aromatic nitrogens is 2. The van der Waals surface area contributed by atoms with Gasteiger partial charge in [0.2, 0.25) is 0 Å². The van der Waals surface area contributed by atoms with Crippen LogP contribution in [0.5, 0.6) is 0 Å². The van der Waals surface area contributed by atoms with E-state index in [1.807, 2.05) is 43.3 Å². The van der Waals surface area contributed by atoms with Crippen molar-refractivity contribution < 1.29 is 0 Å². The van der Waals surface area contributed by atoms with E-state index in [9.17, 15) is 0 Å². The van der Waals surface area contributed by atoms with Crippen LogP contribution >= 0.6 is 11.6 Å². The predicted molar refractivity (Wildman–Crippen MR) is 75.7 cm³/mol. The fourth-order valence-electron chi connectivity index (χ4n) is 2.02. The lowest BCUT2D eigenvalue weighted by Gasteiger charge is -2.03. The number of benzene rings is 2. The lowest BCUT2D eigenvalue weighted by molar-refractivity contribution is 1.31. The molecule has 0 atom stereocenters. The van der Waals surface area contributed by atoms with E-state index in [4.69, 9.17) is 17.3 Å². The minimum absolute atomic E-state index is 0.723. The van der Waals surface area contributed by atoms with Gasteiger partial charge in [0.1, 0.15) is 5.82 Å². The van der Waals surface area contributed by atoms with Crippen LogP contribution in [-0.2, 0) is 0 Å². The zero-order valence-corrected chi connectivity index (χ0v) is 10.6. The Morgan fingerprint density at radius 3 is 2.89 bits per heavy atom. The van der Waals surface area contributed by atoms with E-state index in [2.05, 4.69) is 9.97 Å². The van der Waals surface area contributed by atoms with Crippen molar-refractivity contribution in [3.63, 3.8) is 0 Å². The third-order valence-corrected chi connectivity index (χ3v) is 3.44. The summed E-state index contributed by atoms with van der Waals surface area (Å²) in [5, 5.41) is 0.743. The molecule has 0 spiro atoms. The van der Waals surface area contributed by atoms with Crippen molar-refractivity contribution in [1.82, 2.24) is 9.97 Å². The Balaban J connectivity index is 2.22. The van der Waals surface area contributed by atoms with Crippen LogP contribution in [-0.4, -0.2) is 9.97 Å². The number of fused-ring (bicyclic) bond motifs is 1. The molecule has 1 aromatic heterocycles. The lowest BCUT2D eigenvalue weighted by Crippen LogP contribution is -1.85. The number of hydrogen-bond donors (Lipinski definition) is 2. The van der Waals surface area contributed by atoms with Gasteiger partial charge in [-0.15, -0.1) is 0 Å². The van der Waals surface area contributed by atoms with E-state index in [0.29, 0.717) is 0 Å². The van der Waals surface area contributed by atoms with Crippen LogP contribution in [0, 0.1) is 6.92 Å². The van der Waals surface area contributed by atoms with E-state index < -0.39 is 0 Å². The number of halogens is 1. The summed E-state index contributed by atoms with van der Waals surface area (Å²) >= 11 is 6.13. The molecule has 0 aliphatic carbocycles. The molecule has 0 amide bonds. The third-order valence-electron chi connectivity index (χ3n) is 3.03. The van der Waals surface area contributed by atoms with Crippen LogP contribution in [0.25, 0.3) is 22.4 Å². The SMILES string of the molecule is Cc1c(Cl)cccc1-c1nc2ccc(N)cc2[nH]1. The van der Waals surface area contributed by atoms with Crippen molar-refractivity contribution in [3.05, 3.63) is 47.0 Å². The first kappa shape index (κ1) is 11.1. The number of H-pyrrole nitrogens is 1. The molecule has 0 bridgehead atoms. The average molecular weight is 258 g/mol. The molecule has 3 nitrogen and oxygen atoms in total. The van der Waals surface area contributed by atoms with E-state index in [1.54, 1.807) is 0 Å². The van der Waals surface area contributed by atoms with Gasteiger partial charge in [0.05, 0.1) is 11.0 Å². The molecule has 2 aromatic carbocycles. The highest BCUT2D eigenvalue weighted by Gasteiger charge is 2.09. The molecule has 0 saturated heterocycles. The summed E-state index contributed by atoms with van der Waals surface area (Å²) in [6.07, 6.45) is 0. The van der Waals surface area contributed by atoms with Gasteiger partial charge in [-0.3, -0.25) is 0 Å². The first-order valence-corrected chi connectivity index (χ1v) is 6.03. The van der Waals surface area contributed by atoms with E-state index in [-0.39, 0.29) is 0 Å². The number of imidazole rings is 1. The molecule has 0 radical (unpaired) electrons. The highest BCUT2D eigenvalue weighted by molar-refractivity contribution is 6.31. The largest absolute Gasteiger partial charge is 0.399 e. The standard InChI is InChI=1S/C14H12ClN3/c1-8-10(3-2-4-11(8)15)14-17-12-6-5-9(16)7-13(12)18-14/h2-7H,16H2,1H3,(H,17,18). The minimum Gasteiger partial charge on any atom is -0.399 e. The van der Waals surface area contributed by atoms with E-state index in [0.717, 1.165) is 38.7 Å². The first-order valence-electron chi connectivity index (χ1n) is 5.66. The van der Waals surface area contributed by atoms with Crippen molar-refractivity contribution in [2.75, 3.05) is 5.73 Å². The predicted octanol–water partition coefficient (Wildman–Crippen LogP) is 3.77. The van der Waals surface area contributed by atoms with Gasteiger partial charge < -0.3 is 10.7 Å². The molecule has 18 heavy (non-hydrogen) atoms. The molecule has 1 heterocycles. The van der Waals surface area contributed by atoms with Gasteiger partial charge in [-0.1, -0.05) is 23.7 Å². The van der Waals surface area contributed by atoms with Crippen molar-refractivity contribution in [1.29, 1.82) is 0 Å². The monoisotopic (exact) mass is 257 g/mol. The van der Waals surface area contributed by atoms with E-state index >= 15 is 0 Å². The smallest absolute Gasteiger partial charge is 0.138 e. The van der Waals surface area contributed by atoms with Crippen LogP contribution < -0.4 is 5.73 Å². The Kier molecular flexibility index (Phi) is 2.49. The number of nitrogens with one attached hydrogen (secondary N) is 1. The second-order valence-corrected chi connectivity index (χ2v) is 4.68. The number of hydrogen-bond acceptors (Lipinski definition) is 2. The number of rotatable bonds is 1. The molecular weight excluding hydrogens is 246 g/mol. The van der Waals surface area contributed by atoms with Crippen molar-refractivity contribution >= 4 is 28.3 Å². The Bertz CT molecular complexity index is 731. The molecule has 0 saturated carbocycles. The Hall–Kier alpha value is -2.00. The molecule has 3 rings (SSSR count). The summed E-state index contributed by atoms with van der Waals surface area (Å²) in [4.78, 5) is 7.83. The van der Waals surface area contributed by atoms with Gasteiger partial charge in [-0.05, 0) is 36.8 Å². The molecule has 3 N–H and O–H groups in total. The maximum atomic E-state index is 6.13. The molecule has 0 aliphatic heterocycles. The van der Waals surface area contributed by atoms with Crippen molar-refractivity contribution in [2.45, 2.75) is 6.92 Å². The Morgan fingerprint density at radius 1 is 1.22 bits per heavy atom. The summed E-state index contributed by atoms with van der Waals surface area (Å²) in [5.41, 5.74) is 10.3. The van der Waals surface area contributed by atoms with Gasteiger partial charge in [0, 0.05) is 16.3 Å². The van der Waals surface area contributed by atoms with Gasteiger partial charge in [-0.2, -0.15) is 0 Å². The topological polar surface area (TPSA) is 54.7 Å². The molecule has 4 heteroatoms. The highest BCUT2D eigenvalue weighted by atomic mass is 35.5. The fourth-order valence-corrected chi connectivity index (χ4v) is 2.19. The normalized spacial score (nSPS) is 11.0. The summed E-state index contributed by atoms with van der Waals surface area (Å²) in [7, 11) is 0. The van der Waals surface area contributed by atoms with Gasteiger partial charge in [-0.25, -0.2) is 4.98 Å². The number of nitrogens with two attached hydrogens (primary N) is 1. The highest BCUT2D eigenvalue weighted by Crippen LogP contribution is 2.28. The van der Waals surface area contributed by atoms with Crippen LogP contribution in [0.3, 0.4) is 0 Å². The molecule has 90 valence electrons. The second kappa shape index (κ2) is 4.03. The lowest BCUT2D eigenvalue weighted by atomic mass is 10.1. The summed E-state index contributed by atoms with van der Waals surface area (Å²) in [6.45, 7) is 1.99. The van der Waals surface area contributed by atoms with E-state index in [1.165, 1.54) is 0 Å². The third kappa shape index (κ3) is 1.73. The first-order chi connectivity index (χ1) is 8.65. The van der Waals surface area contributed by atoms with Crippen molar-refractivity contribution in [2.24, 2.45) is 0 Å². The molecule has 0 aliphatic rings. The zero-order chi connectivity index (χ0) is 12.7. The van der Waals surface area contributed by atoms with Crippen LogP contribution in [0.2, 0.25) is 5.02 Å². The van der Waals surface area contributed by atoms with Gasteiger partial charge in [0.15, 0.2) is 0 Å². The molecule has 0 fully saturated rings. The second-order valence-electron chi connectivity index (χ2n) is 4.27. The number of nitrogens with zero attached hydrogens (tertiary/aromatic N) is 1. The maximum Gasteiger partial charge on any atom is 0.138 e. The van der Waals surface area contributed by atoms with Crippen LogP contribution in [0.4, 0.5) is 5.69 Å². The van der Waals surface area contributed by atoms with Crippen molar-refractivity contribution in [3.8, 4) is 11.4 Å². The Labute approximate surface area is 110 Å². The summed E-state index contributed by atoms with van der Waals surface area (Å²) in [6, 6.07) is 11.4. The Morgan fingerprint density at radius 2 is 2.06 bits per heavy atom. The quantitative estimate of drug-likeness (QED) is 0.652. The molecule has 3 aromatic rings. The number of aromatic amines is 1. The summed E-state index contributed by atoms with van der Waals surface area (Å²) < 4.78 is 0. The van der Waals surface area contributed by atoms with Gasteiger partial charge in [0.25, 0.3) is 0 Å². The maximum absolute atomic E-state index is 6.13. The number of nitrogen functional groups attached to an aromatic ring is 1. The molecular formula is C14H12ClN3. The van der Waals surface area contributed by atoms with Crippen LogP contribution in [0.1, 0.15) is 5.56 Å². The number of anilines is 1.